The van der Waals surface area contributed by atoms with Crippen LogP contribution >= 0.6 is 0 Å². The number of aryl methyl sites for hydroxylation is 2. The molecule has 7 nitrogen and oxygen atoms in total. The van der Waals surface area contributed by atoms with Crippen molar-refractivity contribution in [3.63, 3.8) is 0 Å². The van der Waals surface area contributed by atoms with Gasteiger partial charge in [0, 0.05) is 25.7 Å². The van der Waals surface area contributed by atoms with Crippen LogP contribution in [0.2, 0.25) is 0 Å². The minimum atomic E-state index is -0.529. The number of pyridine rings is 1. The molecule has 3 heterocycles. The van der Waals surface area contributed by atoms with E-state index < -0.39 is 5.82 Å². The van der Waals surface area contributed by atoms with Gasteiger partial charge in [0.05, 0.1) is 22.5 Å². The van der Waals surface area contributed by atoms with E-state index in [4.69, 9.17) is 9.98 Å². The summed E-state index contributed by atoms with van der Waals surface area (Å²) in [7, 11) is 0. The number of amides is 1. The van der Waals surface area contributed by atoms with E-state index in [-0.39, 0.29) is 23.3 Å². The highest BCUT2D eigenvalue weighted by atomic mass is 19.1. The molecule has 0 spiro atoms. The minimum Gasteiger partial charge on any atom is -0.507 e. The Kier molecular flexibility index (Phi) is 7.37. The molecule has 1 atom stereocenters. The van der Waals surface area contributed by atoms with E-state index in [1.165, 1.54) is 35.4 Å². The number of benzene rings is 2. The van der Waals surface area contributed by atoms with Crippen molar-refractivity contribution in [1.29, 1.82) is 0 Å². The lowest BCUT2D eigenvalue weighted by Gasteiger charge is -2.43. The van der Waals surface area contributed by atoms with Gasteiger partial charge in [-0.1, -0.05) is 44.7 Å². The number of phenols is 1. The Morgan fingerprint density at radius 3 is 2.46 bits per heavy atom. The molecule has 1 amide bonds. The van der Waals surface area contributed by atoms with Crippen molar-refractivity contribution in [2.75, 3.05) is 31.2 Å². The van der Waals surface area contributed by atoms with Crippen molar-refractivity contribution >= 4 is 23.2 Å². The van der Waals surface area contributed by atoms with E-state index in [1.54, 1.807) is 11.0 Å². The standard InChI is InChI=1S/C31H34FN5O2/c1-5-21-10-8-11-22(6-2)29(21)37-19-33-30(36-17-16-35(18-20(36)4)27(39)7-3)23-14-15-25(34-31(23)37)28-24(32)12-9-13-26(28)38/h7-15,20,38H,3,5-6,16-19H2,1-2,4H3/t20-/m0/s1. The van der Waals surface area contributed by atoms with Crippen molar-refractivity contribution < 1.29 is 14.3 Å². The molecule has 0 unspecified atom stereocenters. The Balaban J connectivity index is 1.64. The maximum absolute atomic E-state index is 14.9. The Morgan fingerprint density at radius 1 is 1.10 bits per heavy atom. The SMILES string of the molecule is C=CC(=O)N1CCN(C2=NCN(c3c(CC)cccc3CC)c3nc(-c4c(O)cccc4F)ccc32)[C@@H](C)C1. The molecular weight excluding hydrogens is 493 g/mol. The van der Waals surface area contributed by atoms with Crippen LogP contribution in [0.3, 0.4) is 0 Å². The summed E-state index contributed by atoms with van der Waals surface area (Å²) in [6, 6.07) is 14.3. The number of nitrogens with zero attached hydrogens (tertiary/aromatic N) is 5. The summed E-state index contributed by atoms with van der Waals surface area (Å²) >= 11 is 0. The minimum absolute atomic E-state index is 0.0326. The van der Waals surface area contributed by atoms with Gasteiger partial charge in [0.15, 0.2) is 0 Å². The third-order valence-electron chi connectivity index (χ3n) is 7.60. The molecule has 39 heavy (non-hydrogen) atoms. The average molecular weight is 528 g/mol. The molecule has 2 aromatic carbocycles. The lowest BCUT2D eigenvalue weighted by atomic mass is 10.00. The summed E-state index contributed by atoms with van der Waals surface area (Å²) in [6.07, 6.45) is 3.04. The van der Waals surface area contributed by atoms with Gasteiger partial charge >= 0.3 is 0 Å². The van der Waals surface area contributed by atoms with Crippen LogP contribution in [-0.4, -0.2) is 64.0 Å². The van der Waals surface area contributed by atoms with Crippen LogP contribution < -0.4 is 4.90 Å². The highest BCUT2D eigenvalue weighted by Crippen LogP contribution is 2.39. The zero-order valence-electron chi connectivity index (χ0n) is 22.7. The second-order valence-corrected chi connectivity index (χ2v) is 9.92. The summed E-state index contributed by atoms with van der Waals surface area (Å²) in [5, 5.41) is 10.5. The van der Waals surface area contributed by atoms with Crippen LogP contribution in [0.4, 0.5) is 15.9 Å². The summed E-state index contributed by atoms with van der Waals surface area (Å²) in [4.78, 5) is 28.4. The molecule has 1 N–H and O–H groups in total. The molecule has 3 aromatic rings. The van der Waals surface area contributed by atoms with Crippen molar-refractivity contribution in [1.82, 2.24) is 14.8 Å². The maximum atomic E-state index is 14.9. The van der Waals surface area contributed by atoms with Crippen molar-refractivity contribution in [2.24, 2.45) is 4.99 Å². The maximum Gasteiger partial charge on any atom is 0.246 e. The Hall–Kier alpha value is -4.20. The molecule has 0 radical (unpaired) electrons. The fourth-order valence-corrected chi connectivity index (χ4v) is 5.61. The van der Waals surface area contributed by atoms with Gasteiger partial charge in [-0.15, -0.1) is 0 Å². The predicted octanol–water partition coefficient (Wildman–Crippen LogP) is 5.29. The number of amidine groups is 1. The van der Waals surface area contributed by atoms with E-state index in [9.17, 15) is 14.3 Å². The molecule has 202 valence electrons. The highest BCUT2D eigenvalue weighted by Gasteiger charge is 2.34. The number of hydrogen-bond donors (Lipinski definition) is 1. The van der Waals surface area contributed by atoms with Gasteiger partial charge in [0.25, 0.3) is 0 Å². The molecule has 1 aromatic heterocycles. The number of aromatic hydroxyl groups is 1. The topological polar surface area (TPSA) is 72.3 Å². The molecule has 0 saturated carbocycles. The molecule has 2 aliphatic heterocycles. The lowest BCUT2D eigenvalue weighted by molar-refractivity contribution is -0.128. The quantitative estimate of drug-likeness (QED) is 0.457. The largest absolute Gasteiger partial charge is 0.507 e. The highest BCUT2D eigenvalue weighted by molar-refractivity contribution is 6.06. The van der Waals surface area contributed by atoms with Gasteiger partial charge in [-0.05, 0) is 61.2 Å². The Bertz CT molecular complexity index is 1410. The second-order valence-electron chi connectivity index (χ2n) is 9.92. The molecule has 0 bridgehead atoms. The van der Waals surface area contributed by atoms with Gasteiger partial charge in [-0.3, -0.25) is 4.79 Å². The van der Waals surface area contributed by atoms with Crippen molar-refractivity contribution in [3.05, 3.63) is 83.7 Å². The third-order valence-corrected chi connectivity index (χ3v) is 7.60. The number of fused-ring (bicyclic) bond motifs is 1. The monoisotopic (exact) mass is 527 g/mol. The van der Waals surface area contributed by atoms with Crippen LogP contribution in [0, 0.1) is 5.82 Å². The molecule has 2 aliphatic rings. The first-order valence-electron chi connectivity index (χ1n) is 13.5. The summed E-state index contributed by atoms with van der Waals surface area (Å²) in [5.74, 6) is 0.728. The number of aliphatic imine (C=N–C) groups is 1. The predicted molar refractivity (Wildman–Crippen MR) is 153 cm³/mol. The molecule has 1 saturated heterocycles. The van der Waals surface area contributed by atoms with Crippen LogP contribution in [0.15, 0.2) is 66.2 Å². The number of para-hydroxylation sites is 1. The average Bonchev–Trinajstić information content (AvgIpc) is 2.95. The number of rotatable bonds is 5. The molecule has 8 heteroatoms. The van der Waals surface area contributed by atoms with Gasteiger partial charge in [0.2, 0.25) is 5.91 Å². The zero-order valence-corrected chi connectivity index (χ0v) is 22.7. The summed E-state index contributed by atoms with van der Waals surface area (Å²) in [6.45, 7) is 12.1. The van der Waals surface area contributed by atoms with Crippen molar-refractivity contribution in [2.45, 2.75) is 39.7 Å². The van der Waals surface area contributed by atoms with E-state index >= 15 is 0 Å². The van der Waals surface area contributed by atoms with Crippen LogP contribution in [0.1, 0.15) is 37.5 Å². The fourth-order valence-electron chi connectivity index (χ4n) is 5.61. The number of halogens is 1. The van der Waals surface area contributed by atoms with E-state index in [1.807, 2.05) is 6.07 Å². The number of phenolic OH excluding ortho intramolecular Hbond substituents is 1. The zero-order chi connectivity index (χ0) is 27.7. The fraction of sp³-hybridized carbons (Fsp3) is 0.323. The van der Waals surface area contributed by atoms with Gasteiger partial charge in [-0.2, -0.15) is 0 Å². The van der Waals surface area contributed by atoms with E-state index in [2.05, 4.69) is 55.3 Å². The summed E-state index contributed by atoms with van der Waals surface area (Å²) < 4.78 is 14.9. The van der Waals surface area contributed by atoms with Crippen molar-refractivity contribution in [3.8, 4) is 17.0 Å². The van der Waals surface area contributed by atoms with Gasteiger partial charge in [-0.25, -0.2) is 14.4 Å². The number of anilines is 2. The summed E-state index contributed by atoms with van der Waals surface area (Å²) in [5.41, 5.74) is 4.72. The second kappa shape index (κ2) is 10.9. The first-order valence-corrected chi connectivity index (χ1v) is 13.5. The first kappa shape index (κ1) is 26.4. The van der Waals surface area contributed by atoms with Crippen LogP contribution in [0.25, 0.3) is 11.3 Å². The lowest BCUT2D eigenvalue weighted by Crippen LogP contribution is -2.56. The third kappa shape index (κ3) is 4.75. The van der Waals surface area contributed by atoms with Crippen LogP contribution in [-0.2, 0) is 17.6 Å². The van der Waals surface area contributed by atoms with Crippen LogP contribution in [0.5, 0.6) is 5.75 Å². The number of piperazine rings is 1. The number of carbonyl (C=O) groups excluding carboxylic acids is 1. The normalized spacial score (nSPS) is 17.1. The van der Waals surface area contributed by atoms with Gasteiger partial charge in [0.1, 0.15) is 29.9 Å². The van der Waals surface area contributed by atoms with E-state index in [0.717, 1.165) is 29.9 Å². The van der Waals surface area contributed by atoms with Gasteiger partial charge < -0.3 is 19.8 Å². The molecular formula is C31H34FN5O2. The number of carbonyl (C=O) groups is 1. The molecule has 1 fully saturated rings. The smallest absolute Gasteiger partial charge is 0.246 e. The number of aromatic nitrogens is 1. The molecule has 5 rings (SSSR count). The molecule has 0 aliphatic carbocycles. The Labute approximate surface area is 228 Å². The Morgan fingerprint density at radius 2 is 1.82 bits per heavy atom. The first-order chi connectivity index (χ1) is 18.9. The number of hydrogen-bond acceptors (Lipinski definition) is 6. The van der Waals surface area contributed by atoms with E-state index in [0.29, 0.717) is 37.8 Å².